The van der Waals surface area contributed by atoms with Crippen LogP contribution in [0.25, 0.3) is 0 Å². The minimum absolute atomic E-state index is 0.359. The Morgan fingerprint density at radius 3 is 2.11 bits per heavy atom. The van der Waals surface area contributed by atoms with E-state index in [0.29, 0.717) is 17.4 Å². The zero-order valence-electron chi connectivity index (χ0n) is 13.5. The highest BCUT2D eigenvalue weighted by Gasteiger charge is 2.22. The van der Waals surface area contributed by atoms with Crippen LogP contribution in [-0.4, -0.2) is 47.9 Å². The Morgan fingerprint density at radius 2 is 1.63 bits per heavy atom. The van der Waals surface area contributed by atoms with Crippen LogP contribution in [0.1, 0.15) is 60.3 Å². The number of unbranched alkanes of at least 4 members (excludes halogenated alkanes) is 1. The first-order chi connectivity index (χ1) is 8.79. The summed E-state index contributed by atoms with van der Waals surface area (Å²) in [5.41, 5.74) is 0.395. The second-order valence-electron chi connectivity index (χ2n) is 7.28. The van der Waals surface area contributed by atoms with Gasteiger partial charge in [0.25, 0.3) is 0 Å². The summed E-state index contributed by atoms with van der Waals surface area (Å²) in [7, 11) is 0. The summed E-state index contributed by atoms with van der Waals surface area (Å²) in [4.78, 5) is 16.6. The van der Waals surface area contributed by atoms with Gasteiger partial charge in [0.1, 0.15) is 0 Å². The number of hydrogen-bond acceptors (Lipinski definition) is 2. The normalized spacial score (nSPS) is 18.1. The predicted molar refractivity (Wildman–Crippen MR) is 81.2 cm³/mol. The molecule has 0 aromatic heterocycles. The molecule has 1 aliphatic rings. The van der Waals surface area contributed by atoms with E-state index in [0.717, 1.165) is 39.0 Å². The van der Waals surface area contributed by atoms with Gasteiger partial charge in [0.05, 0.1) is 0 Å². The Hall–Kier alpha value is -0.570. The summed E-state index contributed by atoms with van der Waals surface area (Å²) in [6, 6.07) is 0.601. The molecule has 1 heterocycles. The minimum Gasteiger partial charge on any atom is -0.340 e. The van der Waals surface area contributed by atoms with Gasteiger partial charge in [-0.05, 0) is 32.1 Å². The average Bonchev–Trinajstić information content (AvgIpc) is 2.33. The third kappa shape index (κ3) is 6.42. The molecule has 112 valence electrons. The highest BCUT2D eigenvalue weighted by molar-refractivity contribution is 5.76. The summed E-state index contributed by atoms with van der Waals surface area (Å²) in [5, 5.41) is 0. The second-order valence-corrected chi connectivity index (χ2v) is 7.28. The van der Waals surface area contributed by atoms with E-state index in [9.17, 15) is 4.79 Å². The first-order valence-electron chi connectivity index (χ1n) is 7.81. The number of rotatable bonds is 5. The van der Waals surface area contributed by atoms with Gasteiger partial charge >= 0.3 is 0 Å². The molecule has 3 heteroatoms. The van der Waals surface area contributed by atoms with E-state index in [-0.39, 0.29) is 0 Å². The third-order valence-corrected chi connectivity index (χ3v) is 3.96. The van der Waals surface area contributed by atoms with Crippen LogP contribution in [0, 0.1) is 5.41 Å². The van der Waals surface area contributed by atoms with E-state index in [1.54, 1.807) is 0 Å². The van der Waals surface area contributed by atoms with Crippen molar-refractivity contribution in [3.8, 4) is 0 Å². The van der Waals surface area contributed by atoms with E-state index < -0.39 is 0 Å². The molecule has 0 aliphatic carbocycles. The standard InChI is InChI=1S/C16H32N2O/c1-14(2)17-10-12-18(13-11-17)15(19)8-6-7-9-16(3,4)5/h14H,6-13H2,1-5H3. The smallest absolute Gasteiger partial charge is 0.222 e. The Labute approximate surface area is 119 Å². The molecule has 0 aromatic carbocycles. The molecule has 0 N–H and O–H groups in total. The zero-order valence-corrected chi connectivity index (χ0v) is 13.5. The van der Waals surface area contributed by atoms with Crippen molar-refractivity contribution in [2.24, 2.45) is 5.41 Å². The quantitative estimate of drug-likeness (QED) is 0.715. The largest absolute Gasteiger partial charge is 0.340 e. The van der Waals surface area contributed by atoms with Gasteiger partial charge < -0.3 is 4.90 Å². The highest BCUT2D eigenvalue weighted by Crippen LogP contribution is 2.22. The van der Waals surface area contributed by atoms with Crippen LogP contribution in [0.3, 0.4) is 0 Å². The Morgan fingerprint density at radius 1 is 1.05 bits per heavy atom. The van der Waals surface area contributed by atoms with Crippen molar-refractivity contribution < 1.29 is 4.79 Å². The van der Waals surface area contributed by atoms with Crippen LogP contribution in [0.5, 0.6) is 0 Å². The molecular formula is C16H32N2O. The molecule has 0 saturated carbocycles. The lowest BCUT2D eigenvalue weighted by Crippen LogP contribution is -2.50. The van der Waals surface area contributed by atoms with Crippen LogP contribution in [0.4, 0.5) is 0 Å². The SMILES string of the molecule is CC(C)N1CCN(C(=O)CCCCC(C)(C)C)CC1. The third-order valence-electron chi connectivity index (χ3n) is 3.96. The van der Waals surface area contributed by atoms with Crippen molar-refractivity contribution in [1.29, 1.82) is 0 Å². The molecule has 1 aliphatic heterocycles. The van der Waals surface area contributed by atoms with E-state index in [1.165, 1.54) is 12.8 Å². The molecule has 19 heavy (non-hydrogen) atoms. The molecule has 0 unspecified atom stereocenters. The molecule has 0 atom stereocenters. The van der Waals surface area contributed by atoms with Gasteiger partial charge in [-0.3, -0.25) is 9.69 Å². The Kier molecular flexibility index (Phi) is 6.31. The van der Waals surface area contributed by atoms with Crippen LogP contribution < -0.4 is 0 Å². The van der Waals surface area contributed by atoms with Crippen LogP contribution >= 0.6 is 0 Å². The molecule has 1 saturated heterocycles. The maximum Gasteiger partial charge on any atom is 0.222 e. The topological polar surface area (TPSA) is 23.6 Å². The van der Waals surface area contributed by atoms with Gasteiger partial charge in [0, 0.05) is 38.6 Å². The van der Waals surface area contributed by atoms with Crippen molar-refractivity contribution >= 4 is 5.91 Å². The number of piperazine rings is 1. The van der Waals surface area contributed by atoms with Gasteiger partial charge in [-0.1, -0.05) is 27.2 Å². The van der Waals surface area contributed by atoms with Gasteiger partial charge in [-0.15, -0.1) is 0 Å². The molecular weight excluding hydrogens is 236 g/mol. The fraction of sp³-hybridized carbons (Fsp3) is 0.938. The van der Waals surface area contributed by atoms with E-state index in [4.69, 9.17) is 0 Å². The summed E-state index contributed by atoms with van der Waals surface area (Å²) in [5.74, 6) is 0.359. The van der Waals surface area contributed by atoms with Crippen molar-refractivity contribution in [1.82, 2.24) is 9.80 Å². The summed E-state index contributed by atoms with van der Waals surface area (Å²) in [6.07, 6.45) is 4.15. The number of hydrogen-bond donors (Lipinski definition) is 0. The fourth-order valence-corrected chi connectivity index (χ4v) is 2.58. The van der Waals surface area contributed by atoms with Crippen molar-refractivity contribution in [3.05, 3.63) is 0 Å². The van der Waals surface area contributed by atoms with Crippen LogP contribution in [0.2, 0.25) is 0 Å². The number of amides is 1. The van der Waals surface area contributed by atoms with Crippen molar-refractivity contribution in [2.45, 2.75) is 66.3 Å². The summed E-state index contributed by atoms with van der Waals surface area (Å²) >= 11 is 0. The summed E-state index contributed by atoms with van der Waals surface area (Å²) in [6.45, 7) is 15.1. The first kappa shape index (κ1) is 16.5. The molecule has 1 rings (SSSR count). The van der Waals surface area contributed by atoms with Crippen molar-refractivity contribution in [3.63, 3.8) is 0 Å². The molecule has 1 amide bonds. The lowest BCUT2D eigenvalue weighted by Gasteiger charge is -2.37. The van der Waals surface area contributed by atoms with Gasteiger partial charge in [0.15, 0.2) is 0 Å². The molecule has 0 spiro atoms. The van der Waals surface area contributed by atoms with Crippen LogP contribution in [-0.2, 0) is 4.79 Å². The first-order valence-corrected chi connectivity index (χ1v) is 7.81. The van der Waals surface area contributed by atoms with E-state index in [2.05, 4.69) is 44.4 Å². The molecule has 0 aromatic rings. The maximum absolute atomic E-state index is 12.1. The predicted octanol–water partition coefficient (Wildman–Crippen LogP) is 3.15. The van der Waals surface area contributed by atoms with Crippen LogP contribution in [0.15, 0.2) is 0 Å². The average molecular weight is 268 g/mol. The fourth-order valence-electron chi connectivity index (χ4n) is 2.58. The van der Waals surface area contributed by atoms with E-state index in [1.807, 2.05) is 0 Å². The number of carbonyl (C=O) groups is 1. The number of carbonyl (C=O) groups excluding carboxylic acids is 1. The molecule has 0 bridgehead atoms. The summed E-state index contributed by atoms with van der Waals surface area (Å²) < 4.78 is 0. The monoisotopic (exact) mass is 268 g/mol. The van der Waals surface area contributed by atoms with Gasteiger partial charge in [0.2, 0.25) is 5.91 Å². The lowest BCUT2D eigenvalue weighted by atomic mass is 9.89. The maximum atomic E-state index is 12.1. The highest BCUT2D eigenvalue weighted by atomic mass is 16.2. The zero-order chi connectivity index (χ0) is 14.5. The second kappa shape index (κ2) is 7.28. The molecule has 0 radical (unpaired) electrons. The van der Waals surface area contributed by atoms with E-state index >= 15 is 0 Å². The molecule has 3 nitrogen and oxygen atoms in total. The van der Waals surface area contributed by atoms with Gasteiger partial charge in [-0.25, -0.2) is 0 Å². The van der Waals surface area contributed by atoms with Crippen molar-refractivity contribution in [2.75, 3.05) is 26.2 Å². The lowest BCUT2D eigenvalue weighted by molar-refractivity contribution is -0.133. The Bertz CT molecular complexity index is 273. The molecule has 1 fully saturated rings. The Balaban J connectivity index is 2.18. The number of nitrogens with zero attached hydrogens (tertiary/aromatic N) is 2. The minimum atomic E-state index is 0.359. The van der Waals surface area contributed by atoms with Gasteiger partial charge in [-0.2, -0.15) is 0 Å².